The molecule has 4 aromatic rings. The highest BCUT2D eigenvalue weighted by Gasteiger charge is 2.24. The maximum Gasteiger partial charge on any atom is 0.167 e. The number of nitrogens with zero attached hydrogens (tertiary/aromatic N) is 6. The number of anilines is 1. The van der Waals surface area contributed by atoms with Crippen LogP contribution in [0.3, 0.4) is 0 Å². The van der Waals surface area contributed by atoms with Crippen LogP contribution in [0.15, 0.2) is 54.7 Å². The zero-order valence-corrected chi connectivity index (χ0v) is 17.7. The number of rotatable bonds is 3. The Hall–Kier alpha value is -4.27. The Bertz CT molecular complexity index is 1430. The second kappa shape index (κ2) is 8.34. The van der Waals surface area contributed by atoms with Gasteiger partial charge >= 0.3 is 0 Å². The molecule has 162 valence electrons. The lowest BCUT2D eigenvalue weighted by atomic mass is 10.1. The van der Waals surface area contributed by atoms with Gasteiger partial charge in [-0.15, -0.1) is 0 Å². The van der Waals surface area contributed by atoms with Crippen LogP contribution in [-0.4, -0.2) is 33.7 Å². The van der Waals surface area contributed by atoms with Crippen molar-refractivity contribution in [3.05, 3.63) is 71.7 Å². The van der Waals surface area contributed by atoms with E-state index in [1.54, 1.807) is 24.4 Å². The summed E-state index contributed by atoms with van der Waals surface area (Å²) in [5.41, 5.74) is 10.2. The molecule has 0 saturated carbocycles. The van der Waals surface area contributed by atoms with Gasteiger partial charge in [0.25, 0.3) is 0 Å². The molecule has 2 N–H and O–H groups in total. The fraction of sp³-hybridized carbons (Fsp3) is 0.200. The lowest BCUT2D eigenvalue weighted by molar-refractivity contribution is 0.507. The highest BCUT2D eigenvalue weighted by molar-refractivity contribution is 5.90. The maximum atomic E-state index is 14.5. The Morgan fingerprint density at radius 2 is 1.88 bits per heavy atom. The van der Waals surface area contributed by atoms with Gasteiger partial charge in [0.2, 0.25) is 0 Å². The van der Waals surface area contributed by atoms with E-state index < -0.39 is 5.82 Å². The van der Waals surface area contributed by atoms with Gasteiger partial charge in [0.15, 0.2) is 5.65 Å². The number of nitriles is 2. The first-order valence-corrected chi connectivity index (χ1v) is 10.7. The second-order valence-corrected chi connectivity index (χ2v) is 8.09. The number of imidazole rings is 1. The molecule has 8 heteroatoms. The van der Waals surface area contributed by atoms with Gasteiger partial charge in [0.05, 0.1) is 22.9 Å². The van der Waals surface area contributed by atoms with E-state index >= 15 is 0 Å². The molecule has 1 unspecified atom stereocenters. The number of benzene rings is 2. The largest absolute Gasteiger partial charge is 0.368 e. The average Bonchev–Trinajstić information content (AvgIpc) is 3.24. The Balaban J connectivity index is 1.75. The van der Waals surface area contributed by atoms with Gasteiger partial charge in [-0.05, 0) is 61.4 Å². The molecular weight excluding hydrogens is 417 g/mol. The minimum atomic E-state index is -0.608. The minimum Gasteiger partial charge on any atom is -0.368 e. The number of nitrogens with two attached hydrogens (primary N) is 1. The van der Waals surface area contributed by atoms with E-state index in [0.29, 0.717) is 28.1 Å². The van der Waals surface area contributed by atoms with Crippen LogP contribution < -0.4 is 10.6 Å². The quantitative estimate of drug-likeness (QED) is 0.521. The zero-order valence-electron chi connectivity index (χ0n) is 17.7. The Morgan fingerprint density at radius 1 is 1.06 bits per heavy atom. The first-order valence-electron chi connectivity index (χ1n) is 10.7. The molecule has 2 aromatic carbocycles. The van der Waals surface area contributed by atoms with Crippen molar-refractivity contribution >= 4 is 16.9 Å². The lowest BCUT2D eigenvalue weighted by Crippen LogP contribution is -2.42. The van der Waals surface area contributed by atoms with Crippen LogP contribution in [-0.2, 0) is 0 Å². The Kier molecular flexibility index (Phi) is 5.21. The van der Waals surface area contributed by atoms with Crippen LogP contribution in [0.2, 0.25) is 0 Å². The summed E-state index contributed by atoms with van der Waals surface area (Å²) in [6.45, 7) is 1.60. The van der Waals surface area contributed by atoms with Crippen molar-refractivity contribution in [1.29, 1.82) is 10.5 Å². The molecule has 0 spiro atoms. The van der Waals surface area contributed by atoms with Crippen molar-refractivity contribution in [2.45, 2.75) is 18.9 Å². The molecule has 5 rings (SSSR count). The van der Waals surface area contributed by atoms with E-state index in [2.05, 4.69) is 16.0 Å². The summed E-state index contributed by atoms with van der Waals surface area (Å²) in [5.74, 6) is -0.108. The number of pyridine rings is 1. The second-order valence-electron chi connectivity index (χ2n) is 8.09. The van der Waals surface area contributed by atoms with E-state index in [4.69, 9.17) is 16.0 Å². The average molecular weight is 437 g/mol. The molecule has 3 heterocycles. The van der Waals surface area contributed by atoms with Gasteiger partial charge in [0, 0.05) is 36.6 Å². The number of hydrogen-bond acceptors (Lipinski definition) is 6. The highest BCUT2D eigenvalue weighted by Crippen LogP contribution is 2.34. The smallest absolute Gasteiger partial charge is 0.167 e. The Morgan fingerprint density at radius 3 is 2.58 bits per heavy atom. The van der Waals surface area contributed by atoms with Gasteiger partial charge in [-0.25, -0.2) is 14.4 Å². The molecule has 1 aliphatic rings. The Labute approximate surface area is 190 Å². The summed E-state index contributed by atoms with van der Waals surface area (Å²) in [7, 11) is 0. The predicted octanol–water partition coefficient (Wildman–Crippen LogP) is 3.90. The summed E-state index contributed by atoms with van der Waals surface area (Å²) in [6.07, 6.45) is 3.72. The molecule has 7 nitrogen and oxygen atoms in total. The molecule has 1 saturated heterocycles. The summed E-state index contributed by atoms with van der Waals surface area (Å²) in [5, 5.41) is 18.3. The molecule has 0 bridgehead atoms. The van der Waals surface area contributed by atoms with Gasteiger partial charge in [-0.1, -0.05) is 0 Å². The standard InChI is InChI=1S/C25H20FN7/c26-21-12-17(5-6-18(21)14-28)24-31-23-22(32-11-1-2-19(29)15-32)9-10-30-25(23)33(24)20-7-3-16(13-27)4-8-20/h3-10,12,19H,1-2,11,15,29H2. The number of fused-ring (bicyclic) bond motifs is 1. The molecule has 2 aromatic heterocycles. The lowest BCUT2D eigenvalue weighted by Gasteiger charge is -2.32. The van der Waals surface area contributed by atoms with Crippen LogP contribution in [0.25, 0.3) is 28.2 Å². The fourth-order valence-electron chi connectivity index (χ4n) is 4.31. The fourth-order valence-corrected chi connectivity index (χ4v) is 4.31. The third-order valence-electron chi connectivity index (χ3n) is 5.93. The predicted molar refractivity (Wildman–Crippen MR) is 123 cm³/mol. The van der Waals surface area contributed by atoms with Crippen LogP contribution in [0, 0.1) is 28.5 Å². The zero-order chi connectivity index (χ0) is 22.9. The van der Waals surface area contributed by atoms with Crippen molar-refractivity contribution in [2.75, 3.05) is 18.0 Å². The molecule has 1 atom stereocenters. The third kappa shape index (κ3) is 3.67. The van der Waals surface area contributed by atoms with Gasteiger partial charge in [0.1, 0.15) is 23.2 Å². The molecule has 33 heavy (non-hydrogen) atoms. The first-order chi connectivity index (χ1) is 16.1. The number of piperidine rings is 1. The van der Waals surface area contributed by atoms with E-state index in [-0.39, 0.29) is 11.6 Å². The number of aromatic nitrogens is 3. The van der Waals surface area contributed by atoms with Gasteiger partial charge in [-0.2, -0.15) is 10.5 Å². The number of halogens is 1. The summed E-state index contributed by atoms with van der Waals surface area (Å²) >= 11 is 0. The van der Waals surface area contributed by atoms with Crippen molar-refractivity contribution in [1.82, 2.24) is 14.5 Å². The molecule has 0 amide bonds. The van der Waals surface area contributed by atoms with E-state index in [9.17, 15) is 9.65 Å². The summed E-state index contributed by atoms with van der Waals surface area (Å²) in [6, 6.07) is 17.5. The van der Waals surface area contributed by atoms with Crippen LogP contribution >= 0.6 is 0 Å². The summed E-state index contributed by atoms with van der Waals surface area (Å²) < 4.78 is 16.4. The van der Waals surface area contributed by atoms with E-state index in [0.717, 1.165) is 37.3 Å². The molecule has 0 radical (unpaired) electrons. The first kappa shape index (κ1) is 20.6. The third-order valence-corrected chi connectivity index (χ3v) is 5.93. The number of hydrogen-bond donors (Lipinski definition) is 1. The highest BCUT2D eigenvalue weighted by atomic mass is 19.1. The van der Waals surface area contributed by atoms with Crippen LogP contribution in [0.1, 0.15) is 24.0 Å². The van der Waals surface area contributed by atoms with Crippen LogP contribution in [0.5, 0.6) is 0 Å². The maximum absolute atomic E-state index is 14.5. The molecular formula is C25H20FN7. The minimum absolute atomic E-state index is 0.0269. The van der Waals surface area contributed by atoms with Gasteiger partial charge in [-0.3, -0.25) is 4.57 Å². The van der Waals surface area contributed by atoms with Crippen molar-refractivity contribution in [3.63, 3.8) is 0 Å². The molecule has 1 fully saturated rings. The van der Waals surface area contributed by atoms with Crippen molar-refractivity contribution < 1.29 is 4.39 Å². The van der Waals surface area contributed by atoms with Crippen molar-refractivity contribution in [2.24, 2.45) is 5.73 Å². The normalized spacial score (nSPS) is 15.9. The van der Waals surface area contributed by atoms with E-state index in [1.165, 1.54) is 12.1 Å². The van der Waals surface area contributed by atoms with E-state index in [1.807, 2.05) is 28.8 Å². The van der Waals surface area contributed by atoms with Crippen molar-refractivity contribution in [3.8, 4) is 29.2 Å². The topological polar surface area (TPSA) is 108 Å². The molecule has 0 aliphatic carbocycles. The molecule has 1 aliphatic heterocycles. The monoisotopic (exact) mass is 437 g/mol. The van der Waals surface area contributed by atoms with Gasteiger partial charge < -0.3 is 10.6 Å². The summed E-state index contributed by atoms with van der Waals surface area (Å²) in [4.78, 5) is 11.7. The SMILES string of the molecule is N#Cc1ccc(-n2c(-c3ccc(C#N)c(F)c3)nc3c(N4CCCC(N)C4)ccnc32)cc1. The van der Waals surface area contributed by atoms with Crippen LogP contribution in [0.4, 0.5) is 10.1 Å².